The molecule has 1 unspecified atom stereocenters. The second-order valence-electron chi connectivity index (χ2n) is 3.79. The van der Waals surface area contributed by atoms with Crippen LogP contribution in [0.5, 0.6) is 0 Å². The van der Waals surface area contributed by atoms with Gasteiger partial charge in [-0.15, -0.1) is 0 Å². The first kappa shape index (κ1) is 15.5. The van der Waals surface area contributed by atoms with Gasteiger partial charge in [-0.1, -0.05) is 37.3 Å². The molecule has 0 saturated carbocycles. The van der Waals surface area contributed by atoms with Gasteiger partial charge in [-0.2, -0.15) is 0 Å². The Morgan fingerprint density at radius 1 is 1.28 bits per heavy atom. The van der Waals surface area contributed by atoms with E-state index in [1.807, 2.05) is 25.1 Å². The smallest absolute Gasteiger partial charge is 0.222 e. The zero-order valence-corrected chi connectivity index (χ0v) is 12.6. The summed E-state index contributed by atoms with van der Waals surface area (Å²) in [4.78, 5) is 0. The lowest BCUT2D eigenvalue weighted by molar-refractivity contribution is 0.114. The van der Waals surface area contributed by atoms with Crippen molar-refractivity contribution in [3.63, 3.8) is 0 Å². The van der Waals surface area contributed by atoms with Gasteiger partial charge in [0.05, 0.1) is 6.61 Å². The van der Waals surface area contributed by atoms with Gasteiger partial charge >= 0.3 is 0 Å². The molecule has 0 heterocycles. The fourth-order valence-corrected chi connectivity index (χ4v) is 2.73. The molecule has 1 atom stereocenters. The zero-order valence-electron chi connectivity index (χ0n) is 10.9. The molecule has 0 aliphatic rings. The summed E-state index contributed by atoms with van der Waals surface area (Å²) in [6.07, 6.45) is 1.85. The molecule has 0 bridgehead atoms. The van der Waals surface area contributed by atoms with Crippen LogP contribution in [-0.4, -0.2) is 23.0 Å². The lowest BCUT2D eigenvalue weighted by atomic mass is 10.2. The third kappa shape index (κ3) is 6.38. The molecule has 1 aromatic rings. The summed E-state index contributed by atoms with van der Waals surface area (Å²) in [5.41, 5.74) is 1.29. The van der Waals surface area contributed by atoms with E-state index in [1.54, 1.807) is 0 Å². The van der Waals surface area contributed by atoms with Crippen molar-refractivity contribution >= 4 is 28.4 Å². The minimum atomic E-state index is 0.0337. The predicted octanol–water partition coefficient (Wildman–Crippen LogP) is 4.04. The standard InChI is InChI=1S/C14H20O2S2/c1-3-10-16-13(18-14(17)15-4-2)11-12-8-6-5-7-9-12/h5-9,13H,3-4,10-11H2,1-2H3. The highest BCUT2D eigenvalue weighted by Crippen LogP contribution is 2.20. The molecule has 0 radical (unpaired) electrons. The van der Waals surface area contributed by atoms with E-state index in [1.165, 1.54) is 17.3 Å². The molecule has 1 rings (SSSR count). The quantitative estimate of drug-likeness (QED) is 0.555. The van der Waals surface area contributed by atoms with Gasteiger partial charge in [0.1, 0.15) is 5.44 Å². The fourth-order valence-electron chi connectivity index (χ4n) is 1.45. The lowest BCUT2D eigenvalue weighted by Crippen LogP contribution is -2.16. The van der Waals surface area contributed by atoms with Gasteiger partial charge in [0.25, 0.3) is 0 Å². The van der Waals surface area contributed by atoms with Crippen molar-refractivity contribution in [2.75, 3.05) is 13.2 Å². The summed E-state index contributed by atoms with van der Waals surface area (Å²) in [7, 11) is 0. The Bertz CT molecular complexity index is 341. The van der Waals surface area contributed by atoms with Gasteiger partial charge in [-0.05, 0) is 42.9 Å². The number of ether oxygens (including phenoxy) is 2. The highest BCUT2D eigenvalue weighted by atomic mass is 32.2. The average molecular weight is 284 g/mol. The molecule has 0 spiro atoms. The van der Waals surface area contributed by atoms with Crippen molar-refractivity contribution in [3.8, 4) is 0 Å². The first-order valence-corrected chi connectivity index (χ1v) is 7.54. The van der Waals surface area contributed by atoms with Gasteiger partial charge < -0.3 is 9.47 Å². The van der Waals surface area contributed by atoms with E-state index in [4.69, 9.17) is 21.7 Å². The van der Waals surface area contributed by atoms with Crippen LogP contribution in [0.3, 0.4) is 0 Å². The van der Waals surface area contributed by atoms with E-state index in [0.29, 0.717) is 11.0 Å². The number of thiocarbonyl (C=S) groups is 1. The minimum Gasteiger partial charge on any atom is -0.479 e. The highest BCUT2D eigenvalue weighted by Gasteiger charge is 2.14. The maximum Gasteiger partial charge on any atom is 0.222 e. The van der Waals surface area contributed by atoms with E-state index in [9.17, 15) is 0 Å². The van der Waals surface area contributed by atoms with Crippen molar-refractivity contribution in [1.82, 2.24) is 0 Å². The fraction of sp³-hybridized carbons (Fsp3) is 0.500. The molecule has 100 valence electrons. The molecule has 0 N–H and O–H groups in total. The molecular weight excluding hydrogens is 264 g/mol. The predicted molar refractivity (Wildman–Crippen MR) is 82.0 cm³/mol. The third-order valence-electron chi connectivity index (χ3n) is 2.24. The second kappa shape index (κ2) is 9.36. The topological polar surface area (TPSA) is 18.5 Å². The SMILES string of the molecule is CCCOC(Cc1ccccc1)SC(=S)OCC. The number of hydrogen-bond donors (Lipinski definition) is 0. The molecule has 0 aromatic heterocycles. The van der Waals surface area contributed by atoms with E-state index in [0.717, 1.165) is 19.4 Å². The maximum absolute atomic E-state index is 5.81. The van der Waals surface area contributed by atoms with Crippen LogP contribution in [0, 0.1) is 0 Å². The van der Waals surface area contributed by atoms with Crippen LogP contribution < -0.4 is 0 Å². The van der Waals surface area contributed by atoms with Gasteiger partial charge in [0, 0.05) is 13.0 Å². The van der Waals surface area contributed by atoms with E-state index in [2.05, 4.69) is 19.1 Å². The molecule has 0 aliphatic carbocycles. The van der Waals surface area contributed by atoms with E-state index in [-0.39, 0.29) is 5.44 Å². The van der Waals surface area contributed by atoms with Crippen LogP contribution in [0.1, 0.15) is 25.8 Å². The lowest BCUT2D eigenvalue weighted by Gasteiger charge is -2.17. The van der Waals surface area contributed by atoms with Crippen molar-refractivity contribution in [2.45, 2.75) is 32.1 Å². The van der Waals surface area contributed by atoms with Crippen LogP contribution in [0.2, 0.25) is 0 Å². The summed E-state index contributed by atoms with van der Waals surface area (Å²) in [5, 5.41) is 0. The molecule has 0 saturated heterocycles. The van der Waals surface area contributed by atoms with Crippen LogP contribution in [0.15, 0.2) is 30.3 Å². The molecule has 4 heteroatoms. The largest absolute Gasteiger partial charge is 0.479 e. The first-order chi connectivity index (χ1) is 8.76. The number of hydrogen-bond acceptors (Lipinski definition) is 4. The summed E-state index contributed by atoms with van der Waals surface area (Å²) in [6, 6.07) is 10.3. The Labute approximate surface area is 119 Å². The molecule has 0 aliphatic heterocycles. The Morgan fingerprint density at radius 3 is 2.61 bits per heavy atom. The molecule has 0 fully saturated rings. The second-order valence-corrected chi connectivity index (χ2v) is 5.55. The van der Waals surface area contributed by atoms with Crippen molar-refractivity contribution in [1.29, 1.82) is 0 Å². The van der Waals surface area contributed by atoms with Gasteiger partial charge in [-0.3, -0.25) is 0 Å². The zero-order chi connectivity index (χ0) is 13.2. The Kier molecular flexibility index (Phi) is 8.05. The minimum absolute atomic E-state index is 0.0337. The number of benzene rings is 1. The maximum atomic E-state index is 5.81. The van der Waals surface area contributed by atoms with Crippen LogP contribution in [-0.2, 0) is 15.9 Å². The van der Waals surface area contributed by atoms with Crippen LogP contribution in [0.4, 0.5) is 0 Å². The number of thioether (sulfide) groups is 1. The monoisotopic (exact) mass is 284 g/mol. The Morgan fingerprint density at radius 2 is 2.00 bits per heavy atom. The van der Waals surface area contributed by atoms with Gasteiger partial charge in [0.2, 0.25) is 4.38 Å². The van der Waals surface area contributed by atoms with E-state index < -0.39 is 0 Å². The van der Waals surface area contributed by atoms with Gasteiger partial charge in [-0.25, -0.2) is 0 Å². The molecular formula is C14H20O2S2. The summed E-state index contributed by atoms with van der Waals surface area (Å²) >= 11 is 6.65. The normalized spacial score (nSPS) is 12.1. The summed E-state index contributed by atoms with van der Waals surface area (Å²) in [5.74, 6) is 0. The third-order valence-corrected chi connectivity index (χ3v) is 3.53. The van der Waals surface area contributed by atoms with Crippen molar-refractivity contribution in [2.24, 2.45) is 0 Å². The van der Waals surface area contributed by atoms with Crippen LogP contribution in [0.25, 0.3) is 0 Å². The molecule has 1 aromatic carbocycles. The highest BCUT2D eigenvalue weighted by molar-refractivity contribution is 8.22. The van der Waals surface area contributed by atoms with Crippen molar-refractivity contribution < 1.29 is 9.47 Å². The van der Waals surface area contributed by atoms with E-state index >= 15 is 0 Å². The summed E-state index contributed by atoms with van der Waals surface area (Å²) in [6.45, 7) is 5.40. The average Bonchev–Trinajstić information content (AvgIpc) is 2.37. The van der Waals surface area contributed by atoms with Crippen molar-refractivity contribution in [3.05, 3.63) is 35.9 Å². The molecule has 2 nitrogen and oxygen atoms in total. The molecule has 0 amide bonds. The Hall–Kier alpha value is -0.580. The molecule has 18 heavy (non-hydrogen) atoms. The summed E-state index contributed by atoms with van der Waals surface area (Å²) < 4.78 is 11.7. The number of rotatable bonds is 7. The Balaban J connectivity index is 2.52. The first-order valence-electron chi connectivity index (χ1n) is 6.25. The van der Waals surface area contributed by atoms with Gasteiger partial charge in [0.15, 0.2) is 0 Å². The van der Waals surface area contributed by atoms with Crippen LogP contribution >= 0.6 is 24.0 Å².